The van der Waals surface area contributed by atoms with Crippen molar-refractivity contribution in [3.63, 3.8) is 0 Å². The lowest BCUT2D eigenvalue weighted by Crippen LogP contribution is -2.46. The Morgan fingerprint density at radius 2 is 1.90 bits per heavy atom. The summed E-state index contributed by atoms with van der Waals surface area (Å²) in [6.45, 7) is 5.84. The van der Waals surface area contributed by atoms with Crippen LogP contribution in [0.15, 0.2) is 24.3 Å². The molecule has 0 bridgehead atoms. The van der Waals surface area contributed by atoms with Gasteiger partial charge in [-0.2, -0.15) is 0 Å². The van der Waals surface area contributed by atoms with E-state index in [1.807, 2.05) is 24.3 Å². The van der Waals surface area contributed by atoms with Crippen molar-refractivity contribution in [2.24, 2.45) is 0 Å². The average Bonchev–Trinajstić information content (AvgIpc) is 2.43. The van der Waals surface area contributed by atoms with E-state index in [0.717, 1.165) is 11.1 Å². The highest BCUT2D eigenvalue weighted by Gasteiger charge is 2.38. The summed E-state index contributed by atoms with van der Waals surface area (Å²) in [6.07, 6.45) is 0.204. The van der Waals surface area contributed by atoms with E-state index >= 15 is 0 Å². The maximum absolute atomic E-state index is 12.4. The van der Waals surface area contributed by atoms with Crippen LogP contribution in [0.3, 0.4) is 0 Å². The van der Waals surface area contributed by atoms with Gasteiger partial charge in [0.15, 0.2) is 6.04 Å². The predicted molar refractivity (Wildman–Crippen MR) is 77.8 cm³/mol. The first-order valence-electron chi connectivity index (χ1n) is 6.99. The molecule has 0 aromatic heterocycles. The van der Waals surface area contributed by atoms with Gasteiger partial charge in [0.25, 0.3) is 0 Å². The topological polar surface area (TPSA) is 55.8 Å². The number of carbonyl (C=O) groups is 2. The molecule has 1 aromatic rings. The van der Waals surface area contributed by atoms with Gasteiger partial charge in [0.1, 0.15) is 5.60 Å². The van der Waals surface area contributed by atoms with Crippen LogP contribution >= 0.6 is 0 Å². The Hall–Kier alpha value is -2.04. The number of rotatable bonds is 1. The number of esters is 1. The van der Waals surface area contributed by atoms with Crippen molar-refractivity contribution >= 4 is 12.1 Å². The van der Waals surface area contributed by atoms with Gasteiger partial charge < -0.3 is 9.47 Å². The monoisotopic (exact) mass is 291 g/mol. The van der Waals surface area contributed by atoms with E-state index in [2.05, 4.69) is 0 Å². The van der Waals surface area contributed by atoms with Crippen molar-refractivity contribution in [2.45, 2.75) is 38.8 Å². The van der Waals surface area contributed by atoms with Crippen molar-refractivity contribution in [3.05, 3.63) is 35.4 Å². The third-order valence-corrected chi connectivity index (χ3v) is 3.34. The lowest BCUT2D eigenvalue weighted by molar-refractivity contribution is -0.147. The highest BCUT2D eigenvalue weighted by Crippen LogP contribution is 2.31. The van der Waals surface area contributed by atoms with Crippen molar-refractivity contribution in [1.82, 2.24) is 4.90 Å². The minimum Gasteiger partial charge on any atom is -0.467 e. The number of hydrogen-bond donors (Lipinski definition) is 0. The van der Waals surface area contributed by atoms with Crippen LogP contribution in [-0.2, 0) is 20.7 Å². The first-order valence-corrected chi connectivity index (χ1v) is 6.99. The molecule has 0 fully saturated rings. The Kier molecular flexibility index (Phi) is 4.21. The van der Waals surface area contributed by atoms with Crippen molar-refractivity contribution < 1.29 is 19.1 Å². The summed E-state index contributed by atoms with van der Waals surface area (Å²) >= 11 is 0. The summed E-state index contributed by atoms with van der Waals surface area (Å²) in [6, 6.07) is 6.87. The molecule has 114 valence electrons. The highest BCUT2D eigenvalue weighted by molar-refractivity contribution is 5.84. The number of methoxy groups -OCH3 is 1. The third kappa shape index (κ3) is 3.35. The van der Waals surface area contributed by atoms with Crippen molar-refractivity contribution in [2.75, 3.05) is 13.7 Å². The van der Waals surface area contributed by atoms with Crippen molar-refractivity contribution in [1.29, 1.82) is 0 Å². The van der Waals surface area contributed by atoms with Crippen LogP contribution in [-0.4, -0.2) is 36.2 Å². The second-order valence-electron chi connectivity index (χ2n) is 6.05. The van der Waals surface area contributed by atoms with Crippen LogP contribution in [0.25, 0.3) is 0 Å². The number of amides is 1. The zero-order valence-electron chi connectivity index (χ0n) is 12.9. The molecule has 0 spiro atoms. The molecule has 5 nitrogen and oxygen atoms in total. The highest BCUT2D eigenvalue weighted by atomic mass is 16.6. The van der Waals surface area contributed by atoms with Crippen LogP contribution in [0, 0.1) is 0 Å². The molecule has 0 saturated heterocycles. The minimum absolute atomic E-state index is 0.436. The summed E-state index contributed by atoms with van der Waals surface area (Å²) in [5, 5.41) is 0. The molecule has 0 saturated carbocycles. The predicted octanol–water partition coefficient (Wildman–Crippen LogP) is 2.69. The summed E-state index contributed by atoms with van der Waals surface area (Å²) in [5.41, 5.74) is 1.27. The van der Waals surface area contributed by atoms with Crippen LogP contribution < -0.4 is 0 Å². The molecule has 1 aliphatic rings. The van der Waals surface area contributed by atoms with Gasteiger partial charge in [-0.3, -0.25) is 4.90 Å². The minimum atomic E-state index is -0.741. The summed E-state index contributed by atoms with van der Waals surface area (Å²) in [7, 11) is 1.33. The molecule has 1 heterocycles. The van der Waals surface area contributed by atoms with E-state index in [4.69, 9.17) is 9.47 Å². The van der Waals surface area contributed by atoms with Crippen LogP contribution in [0.4, 0.5) is 4.79 Å². The molecule has 1 aliphatic heterocycles. The summed E-state index contributed by atoms with van der Waals surface area (Å²) in [4.78, 5) is 25.9. The molecule has 0 unspecified atom stereocenters. The number of fused-ring (bicyclic) bond motifs is 1. The molecule has 1 aromatic carbocycles. The molecule has 0 radical (unpaired) electrons. The second kappa shape index (κ2) is 5.76. The van der Waals surface area contributed by atoms with Crippen molar-refractivity contribution in [3.8, 4) is 0 Å². The Balaban J connectivity index is 2.34. The van der Waals surface area contributed by atoms with Gasteiger partial charge in [-0.25, -0.2) is 9.59 Å². The average molecular weight is 291 g/mol. The normalized spacial score (nSPS) is 17.9. The smallest absolute Gasteiger partial charge is 0.411 e. The summed E-state index contributed by atoms with van der Waals surface area (Å²) in [5.74, 6) is -0.451. The Morgan fingerprint density at radius 1 is 1.24 bits per heavy atom. The van der Waals surface area contributed by atoms with E-state index in [1.54, 1.807) is 20.8 Å². The van der Waals surface area contributed by atoms with Crippen LogP contribution in [0.2, 0.25) is 0 Å². The zero-order valence-corrected chi connectivity index (χ0v) is 12.9. The van der Waals surface area contributed by atoms with E-state index in [1.165, 1.54) is 12.0 Å². The second-order valence-corrected chi connectivity index (χ2v) is 6.05. The standard InChI is InChI=1S/C16H21NO4/c1-16(2,3)21-15(19)17-10-9-11-7-5-6-8-12(11)13(17)14(18)20-4/h5-8,13H,9-10H2,1-4H3/t13-/m0/s1. The fraction of sp³-hybridized carbons (Fsp3) is 0.500. The maximum atomic E-state index is 12.4. The third-order valence-electron chi connectivity index (χ3n) is 3.34. The molecule has 1 atom stereocenters. The number of carbonyl (C=O) groups excluding carboxylic acids is 2. The van der Waals surface area contributed by atoms with Gasteiger partial charge >= 0.3 is 12.1 Å². The largest absolute Gasteiger partial charge is 0.467 e. The number of benzene rings is 1. The zero-order chi connectivity index (χ0) is 15.6. The molecular weight excluding hydrogens is 270 g/mol. The molecular formula is C16H21NO4. The van der Waals surface area contributed by atoms with Gasteiger partial charge in [0.05, 0.1) is 7.11 Å². The van der Waals surface area contributed by atoms with E-state index in [-0.39, 0.29) is 0 Å². The molecule has 5 heteroatoms. The lowest BCUT2D eigenvalue weighted by atomic mass is 9.93. The number of ether oxygens (including phenoxy) is 2. The van der Waals surface area contributed by atoms with Gasteiger partial charge in [0.2, 0.25) is 0 Å². The molecule has 1 amide bonds. The molecule has 2 rings (SSSR count). The summed E-state index contributed by atoms with van der Waals surface area (Å²) < 4.78 is 10.3. The first kappa shape index (κ1) is 15.4. The van der Waals surface area contributed by atoms with Gasteiger partial charge in [-0.1, -0.05) is 24.3 Å². The van der Waals surface area contributed by atoms with E-state index in [0.29, 0.717) is 13.0 Å². The number of nitrogens with zero attached hydrogens (tertiary/aromatic N) is 1. The fourth-order valence-corrected chi connectivity index (χ4v) is 2.45. The Morgan fingerprint density at radius 3 is 2.52 bits per heavy atom. The fourth-order valence-electron chi connectivity index (χ4n) is 2.45. The maximum Gasteiger partial charge on any atom is 0.411 e. The number of hydrogen-bond acceptors (Lipinski definition) is 4. The Bertz CT molecular complexity index is 547. The molecule has 0 aliphatic carbocycles. The Labute approximate surface area is 124 Å². The lowest BCUT2D eigenvalue weighted by Gasteiger charge is -2.36. The van der Waals surface area contributed by atoms with Crippen LogP contribution in [0.1, 0.15) is 37.9 Å². The van der Waals surface area contributed by atoms with Gasteiger partial charge in [-0.05, 0) is 38.3 Å². The van der Waals surface area contributed by atoms with E-state index < -0.39 is 23.7 Å². The molecule has 0 N–H and O–H groups in total. The van der Waals surface area contributed by atoms with Gasteiger partial charge in [0, 0.05) is 6.54 Å². The molecule has 21 heavy (non-hydrogen) atoms. The quantitative estimate of drug-likeness (QED) is 0.746. The van der Waals surface area contributed by atoms with E-state index in [9.17, 15) is 9.59 Å². The van der Waals surface area contributed by atoms with Gasteiger partial charge in [-0.15, -0.1) is 0 Å². The SMILES string of the molecule is COC(=O)[C@@H]1c2ccccc2CCN1C(=O)OC(C)(C)C. The van der Waals surface area contributed by atoms with Crippen LogP contribution in [0.5, 0.6) is 0 Å². The first-order chi connectivity index (χ1) is 9.83.